The second-order valence-electron chi connectivity index (χ2n) is 6.82. The first-order chi connectivity index (χ1) is 12.0. The van der Waals surface area contributed by atoms with Crippen molar-refractivity contribution in [2.75, 3.05) is 13.3 Å². The molecule has 1 aromatic rings. The fourth-order valence-electron chi connectivity index (χ4n) is 4.53. The number of nitrogens with zero attached hydrogens (tertiary/aromatic N) is 1. The molecule has 0 spiro atoms. The zero-order chi connectivity index (χ0) is 17.3. The lowest BCUT2D eigenvalue weighted by molar-refractivity contribution is -0.153. The predicted molar refractivity (Wildman–Crippen MR) is 84.4 cm³/mol. The van der Waals surface area contributed by atoms with Crippen LogP contribution in [0.1, 0.15) is 35.2 Å². The molecular formula is C18H17NO6. The molecule has 0 saturated carbocycles. The number of carbonyl (C=O) groups excluding carboxylic acids is 2. The minimum Gasteiger partial charge on any atom is -0.459 e. The highest BCUT2D eigenvalue weighted by Crippen LogP contribution is 2.50. The standard InChI is InChI=1S/C18H17NO6/c1-8(20)25-17-12(21)4-9-2-3-19-16(9)15(17)10-5-13-14(24-7-23-13)6-11(10)18(19)22/h4-6,12,15-17,21H,2-3,7H2,1H3/t12-,15-,16+,17+/m1/s1. The number of hydrogen-bond acceptors (Lipinski definition) is 6. The summed E-state index contributed by atoms with van der Waals surface area (Å²) in [4.78, 5) is 26.4. The van der Waals surface area contributed by atoms with Crippen LogP contribution >= 0.6 is 0 Å². The third kappa shape index (κ3) is 1.96. The number of fused-ring (bicyclic) bond motifs is 3. The molecule has 5 rings (SSSR count). The van der Waals surface area contributed by atoms with Gasteiger partial charge in [0.2, 0.25) is 6.79 Å². The van der Waals surface area contributed by atoms with Crippen LogP contribution in [0.5, 0.6) is 11.5 Å². The minimum absolute atomic E-state index is 0.0593. The van der Waals surface area contributed by atoms with E-state index in [-0.39, 0.29) is 24.7 Å². The van der Waals surface area contributed by atoms with Crippen LogP contribution in [0.4, 0.5) is 0 Å². The van der Waals surface area contributed by atoms with Crippen molar-refractivity contribution < 1.29 is 28.9 Å². The van der Waals surface area contributed by atoms with E-state index in [4.69, 9.17) is 14.2 Å². The largest absolute Gasteiger partial charge is 0.459 e. The maximum atomic E-state index is 13.0. The smallest absolute Gasteiger partial charge is 0.303 e. The van der Waals surface area contributed by atoms with Crippen molar-refractivity contribution in [2.45, 2.75) is 37.5 Å². The molecule has 1 fully saturated rings. The van der Waals surface area contributed by atoms with Gasteiger partial charge in [0, 0.05) is 24.9 Å². The van der Waals surface area contributed by atoms with Gasteiger partial charge in [-0.25, -0.2) is 0 Å². The van der Waals surface area contributed by atoms with E-state index < -0.39 is 18.2 Å². The summed E-state index contributed by atoms with van der Waals surface area (Å²) in [7, 11) is 0. The van der Waals surface area contributed by atoms with E-state index in [0.29, 0.717) is 23.6 Å². The van der Waals surface area contributed by atoms with Gasteiger partial charge in [-0.1, -0.05) is 6.08 Å². The van der Waals surface area contributed by atoms with E-state index in [9.17, 15) is 14.7 Å². The van der Waals surface area contributed by atoms with Gasteiger partial charge in [-0.05, 0) is 29.7 Å². The minimum atomic E-state index is -0.897. The van der Waals surface area contributed by atoms with E-state index in [1.54, 1.807) is 18.2 Å². The van der Waals surface area contributed by atoms with Crippen LogP contribution < -0.4 is 9.47 Å². The van der Waals surface area contributed by atoms with E-state index in [0.717, 1.165) is 17.6 Å². The van der Waals surface area contributed by atoms with Crippen molar-refractivity contribution in [2.24, 2.45) is 0 Å². The molecule has 1 saturated heterocycles. The van der Waals surface area contributed by atoms with Crippen molar-refractivity contribution in [3.8, 4) is 11.5 Å². The first kappa shape index (κ1) is 14.8. The van der Waals surface area contributed by atoms with Crippen molar-refractivity contribution in [1.29, 1.82) is 0 Å². The molecule has 3 heterocycles. The van der Waals surface area contributed by atoms with Crippen molar-refractivity contribution >= 4 is 11.9 Å². The maximum absolute atomic E-state index is 13.0. The molecule has 7 heteroatoms. The number of amides is 1. The Morgan fingerprint density at radius 3 is 2.84 bits per heavy atom. The van der Waals surface area contributed by atoms with Gasteiger partial charge in [0.1, 0.15) is 12.2 Å². The summed E-state index contributed by atoms with van der Waals surface area (Å²) < 4.78 is 16.3. The van der Waals surface area contributed by atoms with Crippen LogP contribution in [0, 0.1) is 0 Å². The normalized spacial score (nSPS) is 31.4. The van der Waals surface area contributed by atoms with Crippen LogP contribution in [0.25, 0.3) is 0 Å². The molecule has 0 aromatic heterocycles. The molecule has 0 unspecified atom stereocenters. The highest BCUT2D eigenvalue weighted by atomic mass is 16.7. The van der Waals surface area contributed by atoms with Crippen molar-refractivity contribution in [3.05, 3.63) is 34.9 Å². The Labute approximate surface area is 143 Å². The van der Waals surface area contributed by atoms with Crippen LogP contribution in [0.2, 0.25) is 0 Å². The summed E-state index contributed by atoms with van der Waals surface area (Å²) in [5.74, 6) is 0.287. The lowest BCUT2D eigenvalue weighted by Gasteiger charge is -2.45. The molecule has 1 aromatic carbocycles. The van der Waals surface area contributed by atoms with E-state index >= 15 is 0 Å². The number of esters is 1. The third-order valence-electron chi connectivity index (χ3n) is 5.47. The fraction of sp³-hybridized carbons (Fsp3) is 0.444. The SMILES string of the molecule is CC(=O)O[C@@H]1[C@@H]2c3cc4c(cc3C(=O)N3CCC(=C[C@H]1O)[C@@H]23)OCO4. The number of hydrogen-bond donors (Lipinski definition) is 1. The summed E-state index contributed by atoms with van der Waals surface area (Å²) in [5.41, 5.74) is 2.30. The highest BCUT2D eigenvalue weighted by molar-refractivity contribution is 5.99. The van der Waals surface area contributed by atoms with Gasteiger partial charge in [-0.3, -0.25) is 9.59 Å². The Kier molecular flexibility index (Phi) is 2.94. The first-order valence-corrected chi connectivity index (χ1v) is 8.35. The first-order valence-electron chi connectivity index (χ1n) is 8.35. The molecule has 1 N–H and O–H groups in total. The Morgan fingerprint density at radius 2 is 2.08 bits per heavy atom. The van der Waals surface area contributed by atoms with Crippen LogP contribution in [-0.4, -0.2) is 53.5 Å². The molecule has 130 valence electrons. The Morgan fingerprint density at radius 1 is 1.32 bits per heavy atom. The summed E-state index contributed by atoms with van der Waals surface area (Å²) in [5, 5.41) is 10.5. The Hall–Kier alpha value is -2.54. The quantitative estimate of drug-likeness (QED) is 0.604. The van der Waals surface area contributed by atoms with Gasteiger partial charge in [0.25, 0.3) is 5.91 Å². The average molecular weight is 343 g/mol. The molecule has 4 aliphatic rings. The Balaban J connectivity index is 1.71. The Bertz CT molecular complexity index is 831. The van der Waals surface area contributed by atoms with Gasteiger partial charge in [-0.15, -0.1) is 0 Å². The van der Waals surface area contributed by atoms with Gasteiger partial charge >= 0.3 is 5.97 Å². The van der Waals surface area contributed by atoms with Crippen LogP contribution in [-0.2, 0) is 9.53 Å². The summed E-state index contributed by atoms with van der Waals surface area (Å²) in [6.45, 7) is 2.04. The van der Waals surface area contributed by atoms with Gasteiger partial charge in [0.15, 0.2) is 11.5 Å². The third-order valence-corrected chi connectivity index (χ3v) is 5.47. The number of aliphatic hydroxyl groups excluding tert-OH is 1. The van der Waals surface area contributed by atoms with E-state index in [1.807, 2.05) is 4.90 Å². The number of carbonyl (C=O) groups is 2. The molecular weight excluding hydrogens is 326 g/mol. The van der Waals surface area contributed by atoms with Gasteiger partial charge < -0.3 is 24.2 Å². The fourth-order valence-corrected chi connectivity index (χ4v) is 4.53. The monoisotopic (exact) mass is 343 g/mol. The lowest BCUT2D eigenvalue weighted by Crippen LogP contribution is -2.53. The van der Waals surface area contributed by atoms with E-state index in [2.05, 4.69) is 0 Å². The second-order valence-corrected chi connectivity index (χ2v) is 6.82. The lowest BCUT2D eigenvalue weighted by atomic mass is 9.73. The van der Waals surface area contributed by atoms with Crippen molar-refractivity contribution in [1.82, 2.24) is 4.90 Å². The maximum Gasteiger partial charge on any atom is 0.303 e. The zero-order valence-corrected chi connectivity index (χ0v) is 13.6. The molecule has 25 heavy (non-hydrogen) atoms. The number of benzene rings is 1. The molecule has 4 atom stereocenters. The molecule has 3 aliphatic heterocycles. The van der Waals surface area contributed by atoms with Crippen molar-refractivity contribution in [3.63, 3.8) is 0 Å². The molecule has 1 aliphatic carbocycles. The highest BCUT2D eigenvalue weighted by Gasteiger charge is 2.53. The zero-order valence-electron chi connectivity index (χ0n) is 13.6. The summed E-state index contributed by atoms with van der Waals surface area (Å²) in [6.07, 6.45) is 0.822. The van der Waals surface area contributed by atoms with E-state index in [1.165, 1.54) is 6.92 Å². The summed E-state index contributed by atoms with van der Waals surface area (Å²) >= 11 is 0. The molecule has 0 bridgehead atoms. The predicted octanol–water partition coefficient (Wildman–Crippen LogP) is 0.960. The molecule has 7 nitrogen and oxygen atoms in total. The van der Waals surface area contributed by atoms with Crippen LogP contribution in [0.3, 0.4) is 0 Å². The van der Waals surface area contributed by atoms with Crippen LogP contribution in [0.15, 0.2) is 23.8 Å². The number of aliphatic hydroxyl groups is 1. The van der Waals surface area contributed by atoms with Gasteiger partial charge in [0.05, 0.1) is 6.04 Å². The van der Waals surface area contributed by atoms with Gasteiger partial charge in [-0.2, -0.15) is 0 Å². The summed E-state index contributed by atoms with van der Waals surface area (Å²) in [6, 6.07) is 3.30. The topological polar surface area (TPSA) is 85.3 Å². The number of rotatable bonds is 1. The molecule has 1 amide bonds. The second kappa shape index (κ2) is 4.98. The molecule has 0 radical (unpaired) electrons. The average Bonchev–Trinajstić information content (AvgIpc) is 3.19. The number of ether oxygens (including phenoxy) is 3.